The molecule has 5 nitrogen and oxygen atoms in total. The van der Waals surface area contributed by atoms with Crippen LogP contribution in [0.5, 0.6) is 0 Å². The zero-order chi connectivity index (χ0) is 16.7. The smallest absolute Gasteiger partial charge is 0.263 e. The molecule has 4 rings (SSSR count). The highest BCUT2D eigenvalue weighted by Crippen LogP contribution is 2.38. The molecule has 2 aromatic rings. The maximum absolute atomic E-state index is 12.9. The van der Waals surface area contributed by atoms with Crippen molar-refractivity contribution in [3.63, 3.8) is 0 Å². The van der Waals surface area contributed by atoms with E-state index in [-0.39, 0.29) is 11.8 Å². The highest BCUT2D eigenvalue weighted by Gasteiger charge is 2.50. The number of thiophene rings is 1. The number of aliphatic hydroxyl groups is 1. The average Bonchev–Trinajstić information content (AvgIpc) is 3.03. The summed E-state index contributed by atoms with van der Waals surface area (Å²) in [6.07, 6.45) is 1.25. The molecule has 1 aromatic heterocycles. The van der Waals surface area contributed by atoms with Crippen LogP contribution in [0.3, 0.4) is 0 Å². The summed E-state index contributed by atoms with van der Waals surface area (Å²) in [6.45, 7) is 1.44. The Morgan fingerprint density at radius 2 is 2.21 bits per heavy atom. The largest absolute Gasteiger partial charge is 0.392 e. The topological polar surface area (TPSA) is 69.6 Å². The molecule has 24 heavy (non-hydrogen) atoms. The van der Waals surface area contributed by atoms with E-state index in [0.717, 1.165) is 16.5 Å². The van der Waals surface area contributed by atoms with Gasteiger partial charge in [-0.05, 0) is 36.8 Å². The number of nitrogens with zero attached hydrogens (tertiary/aromatic N) is 1. The number of likely N-dealkylation sites (tertiary alicyclic amines) is 1. The standard InChI is InChI=1S/C18H20N2O3S/c21-15-6-9-20(11-18(15)7-3-8-19-17(18)23)16(22)14-10-12-4-1-2-5-13(12)24-14/h1-2,4-5,10,15,21H,3,6-9,11H2,(H,19,23)/t15-,18+/m0/s1. The van der Waals surface area contributed by atoms with Crippen molar-refractivity contribution in [2.75, 3.05) is 19.6 Å². The maximum Gasteiger partial charge on any atom is 0.263 e. The second-order valence-corrected chi connectivity index (χ2v) is 7.78. The summed E-state index contributed by atoms with van der Waals surface area (Å²) in [5.74, 6) is -0.157. The third-order valence-corrected chi connectivity index (χ3v) is 6.35. The normalized spacial score (nSPS) is 27.5. The van der Waals surface area contributed by atoms with Crippen LogP contribution >= 0.6 is 11.3 Å². The van der Waals surface area contributed by atoms with E-state index in [9.17, 15) is 14.7 Å². The van der Waals surface area contributed by atoms with Crippen LogP contribution < -0.4 is 5.32 Å². The van der Waals surface area contributed by atoms with Crippen molar-refractivity contribution in [2.24, 2.45) is 5.41 Å². The lowest BCUT2D eigenvalue weighted by Crippen LogP contribution is -2.62. The Balaban J connectivity index is 1.61. The fraction of sp³-hybridized carbons (Fsp3) is 0.444. The number of hydrogen-bond donors (Lipinski definition) is 2. The second kappa shape index (κ2) is 5.86. The number of amides is 2. The summed E-state index contributed by atoms with van der Waals surface area (Å²) in [5.41, 5.74) is -0.844. The number of carbonyl (C=O) groups is 2. The molecule has 2 aliphatic heterocycles. The molecular formula is C18H20N2O3S. The van der Waals surface area contributed by atoms with Crippen LogP contribution in [0.1, 0.15) is 28.9 Å². The predicted octanol–water partition coefficient (Wildman–Crippen LogP) is 2.00. The van der Waals surface area contributed by atoms with Crippen molar-refractivity contribution in [3.8, 4) is 0 Å². The van der Waals surface area contributed by atoms with Crippen LogP contribution in [0.2, 0.25) is 0 Å². The first kappa shape index (κ1) is 15.6. The number of benzene rings is 1. The molecular weight excluding hydrogens is 324 g/mol. The molecule has 2 N–H and O–H groups in total. The lowest BCUT2D eigenvalue weighted by Gasteiger charge is -2.46. The molecule has 1 aromatic carbocycles. The summed E-state index contributed by atoms with van der Waals surface area (Å²) in [4.78, 5) is 27.8. The van der Waals surface area contributed by atoms with Crippen molar-refractivity contribution < 1.29 is 14.7 Å². The van der Waals surface area contributed by atoms with Gasteiger partial charge in [0.05, 0.1) is 16.4 Å². The molecule has 2 saturated heterocycles. The average molecular weight is 344 g/mol. The van der Waals surface area contributed by atoms with Gasteiger partial charge in [0.15, 0.2) is 0 Å². The molecule has 2 amide bonds. The Kier molecular flexibility index (Phi) is 3.81. The number of carbonyl (C=O) groups excluding carboxylic acids is 2. The van der Waals surface area contributed by atoms with E-state index >= 15 is 0 Å². The first-order valence-electron chi connectivity index (χ1n) is 8.34. The lowest BCUT2D eigenvalue weighted by atomic mass is 9.71. The van der Waals surface area contributed by atoms with Gasteiger partial charge in [-0.25, -0.2) is 0 Å². The maximum atomic E-state index is 12.9. The molecule has 0 bridgehead atoms. The lowest BCUT2D eigenvalue weighted by molar-refractivity contribution is -0.147. The third kappa shape index (κ3) is 2.41. The van der Waals surface area contributed by atoms with E-state index in [1.54, 1.807) is 4.90 Å². The minimum absolute atomic E-state index is 0.0409. The predicted molar refractivity (Wildman–Crippen MR) is 93.0 cm³/mol. The number of nitrogens with one attached hydrogen (secondary N) is 1. The van der Waals surface area contributed by atoms with E-state index in [2.05, 4.69) is 5.32 Å². The number of fused-ring (bicyclic) bond motifs is 1. The monoisotopic (exact) mass is 344 g/mol. The summed E-state index contributed by atoms with van der Waals surface area (Å²) < 4.78 is 1.09. The summed E-state index contributed by atoms with van der Waals surface area (Å²) in [7, 11) is 0. The molecule has 2 atom stereocenters. The number of hydrogen-bond acceptors (Lipinski definition) is 4. The van der Waals surface area contributed by atoms with Crippen molar-refractivity contribution in [1.82, 2.24) is 10.2 Å². The van der Waals surface area contributed by atoms with Gasteiger partial charge >= 0.3 is 0 Å². The summed E-state index contributed by atoms with van der Waals surface area (Å²) in [6, 6.07) is 9.85. The van der Waals surface area contributed by atoms with Crippen LogP contribution in [0.15, 0.2) is 30.3 Å². The van der Waals surface area contributed by atoms with Crippen molar-refractivity contribution in [3.05, 3.63) is 35.2 Å². The Bertz CT molecular complexity index is 769. The van der Waals surface area contributed by atoms with Crippen molar-refractivity contribution in [1.29, 1.82) is 0 Å². The molecule has 1 spiro atoms. The fourth-order valence-electron chi connectivity index (χ4n) is 3.86. The molecule has 2 fully saturated rings. The first-order chi connectivity index (χ1) is 11.6. The summed E-state index contributed by atoms with van der Waals surface area (Å²) in [5, 5.41) is 14.4. The van der Waals surface area contributed by atoms with Gasteiger partial charge in [0.25, 0.3) is 5.91 Å². The van der Waals surface area contributed by atoms with E-state index in [4.69, 9.17) is 0 Å². The molecule has 0 radical (unpaired) electrons. The first-order valence-corrected chi connectivity index (χ1v) is 9.16. The molecule has 0 unspecified atom stereocenters. The van der Waals surface area contributed by atoms with Crippen molar-refractivity contribution in [2.45, 2.75) is 25.4 Å². The quantitative estimate of drug-likeness (QED) is 0.831. The minimum atomic E-state index is -0.844. The second-order valence-electron chi connectivity index (χ2n) is 6.70. The Labute approximate surface area is 144 Å². The number of piperidine rings is 2. The van der Waals surface area contributed by atoms with Gasteiger partial charge in [-0.3, -0.25) is 9.59 Å². The van der Waals surface area contributed by atoms with Crippen LogP contribution in [-0.2, 0) is 4.79 Å². The van der Waals surface area contributed by atoms with Crippen LogP contribution in [0.4, 0.5) is 0 Å². The molecule has 6 heteroatoms. The van der Waals surface area contributed by atoms with E-state index < -0.39 is 11.5 Å². The fourth-order valence-corrected chi connectivity index (χ4v) is 4.89. The van der Waals surface area contributed by atoms with Crippen LogP contribution in [-0.4, -0.2) is 47.6 Å². The molecule has 0 saturated carbocycles. The van der Waals surface area contributed by atoms with E-state index in [0.29, 0.717) is 37.4 Å². The van der Waals surface area contributed by atoms with Gasteiger partial charge in [-0.2, -0.15) is 0 Å². The van der Waals surface area contributed by atoms with Crippen LogP contribution in [0.25, 0.3) is 10.1 Å². The van der Waals surface area contributed by atoms with Crippen LogP contribution in [0, 0.1) is 5.41 Å². The van der Waals surface area contributed by atoms with Gasteiger partial charge in [-0.1, -0.05) is 18.2 Å². The molecule has 0 aliphatic carbocycles. The van der Waals surface area contributed by atoms with Gasteiger partial charge < -0.3 is 15.3 Å². The van der Waals surface area contributed by atoms with Gasteiger partial charge in [0.2, 0.25) is 5.91 Å². The number of rotatable bonds is 1. The zero-order valence-corrected chi connectivity index (χ0v) is 14.1. The van der Waals surface area contributed by atoms with E-state index in [1.165, 1.54) is 11.3 Å². The highest BCUT2D eigenvalue weighted by molar-refractivity contribution is 7.20. The Morgan fingerprint density at radius 3 is 3.00 bits per heavy atom. The van der Waals surface area contributed by atoms with Gasteiger partial charge in [-0.15, -0.1) is 11.3 Å². The molecule has 126 valence electrons. The van der Waals surface area contributed by atoms with Gasteiger partial charge in [0, 0.05) is 24.3 Å². The van der Waals surface area contributed by atoms with Gasteiger partial charge in [0.1, 0.15) is 0 Å². The van der Waals surface area contributed by atoms with Crippen molar-refractivity contribution >= 4 is 33.2 Å². The Morgan fingerprint density at radius 1 is 1.38 bits per heavy atom. The van der Waals surface area contributed by atoms with E-state index in [1.807, 2.05) is 30.3 Å². The SMILES string of the molecule is O=C(c1cc2ccccc2s1)N1CC[C@H](O)[C@@]2(CCCNC2=O)C1. The highest BCUT2D eigenvalue weighted by atomic mass is 32.1. The molecule has 2 aliphatic rings. The minimum Gasteiger partial charge on any atom is -0.392 e. The third-order valence-electron chi connectivity index (χ3n) is 5.24. The summed E-state index contributed by atoms with van der Waals surface area (Å²) >= 11 is 1.48. The zero-order valence-electron chi connectivity index (χ0n) is 13.3. The Hall–Kier alpha value is -1.92. The number of aliphatic hydroxyl groups excluding tert-OH is 1. The molecule has 3 heterocycles.